The molecule has 0 spiro atoms. The Bertz CT molecular complexity index is 3990. The summed E-state index contributed by atoms with van der Waals surface area (Å²) in [6.45, 7) is 0. The number of furan rings is 1. The van der Waals surface area contributed by atoms with Crippen LogP contribution in [0.5, 0.6) is 0 Å². The van der Waals surface area contributed by atoms with Crippen molar-refractivity contribution in [2.24, 2.45) is 0 Å². The standard InChI is InChI=1S/C63H40N4O/c1-4-15-41(16-5-1)44-29-31-46(32-30-44)61-64-62(50-24-13-23-49(38-50)43-19-8-3-9-20-43)66-63(65-61)53-26-14-28-58-60(53)55-39-57-54(40-59(55)68-58)52-25-10-11-27-56(52)67(57)51-35-33-45(34-36-51)48-22-12-21-47(37-48)42-17-6-2-7-18-42/h1-40H. The first-order valence-corrected chi connectivity index (χ1v) is 22.9. The van der Waals surface area contributed by atoms with Crippen molar-refractivity contribution in [2.45, 2.75) is 0 Å². The zero-order valence-electron chi connectivity index (χ0n) is 36.8. The van der Waals surface area contributed by atoms with E-state index in [2.05, 4.69) is 223 Å². The smallest absolute Gasteiger partial charge is 0.164 e. The summed E-state index contributed by atoms with van der Waals surface area (Å²) in [5, 5.41) is 4.22. The molecule has 0 saturated carbocycles. The first-order chi connectivity index (χ1) is 33.7. The summed E-state index contributed by atoms with van der Waals surface area (Å²) in [6, 6.07) is 85.2. The van der Waals surface area contributed by atoms with Gasteiger partial charge in [-0.3, -0.25) is 0 Å². The highest BCUT2D eigenvalue weighted by Crippen LogP contribution is 2.42. The monoisotopic (exact) mass is 868 g/mol. The van der Waals surface area contributed by atoms with Gasteiger partial charge in [-0.1, -0.05) is 194 Å². The van der Waals surface area contributed by atoms with Crippen molar-refractivity contribution in [1.29, 1.82) is 0 Å². The van der Waals surface area contributed by atoms with Crippen molar-refractivity contribution >= 4 is 43.7 Å². The number of hydrogen-bond donors (Lipinski definition) is 0. The lowest BCUT2D eigenvalue weighted by atomic mass is 9.99. The summed E-state index contributed by atoms with van der Waals surface area (Å²) in [6.07, 6.45) is 0. The van der Waals surface area contributed by atoms with Crippen molar-refractivity contribution in [2.75, 3.05) is 0 Å². The van der Waals surface area contributed by atoms with Gasteiger partial charge in [0.05, 0.1) is 11.0 Å². The van der Waals surface area contributed by atoms with Crippen LogP contribution >= 0.6 is 0 Å². The number of fused-ring (bicyclic) bond motifs is 6. The van der Waals surface area contributed by atoms with Crippen LogP contribution in [-0.4, -0.2) is 19.5 Å². The third-order valence-electron chi connectivity index (χ3n) is 13.1. The largest absolute Gasteiger partial charge is 0.456 e. The average Bonchev–Trinajstić information content (AvgIpc) is 3.95. The van der Waals surface area contributed by atoms with E-state index in [4.69, 9.17) is 19.4 Å². The van der Waals surface area contributed by atoms with Crippen LogP contribution in [0.1, 0.15) is 0 Å². The number of para-hydroxylation sites is 1. The Morgan fingerprint density at radius 2 is 0.750 bits per heavy atom. The molecule has 13 rings (SSSR count). The summed E-state index contributed by atoms with van der Waals surface area (Å²) in [4.78, 5) is 15.7. The van der Waals surface area contributed by atoms with Gasteiger partial charge in [0.2, 0.25) is 0 Å². The van der Waals surface area contributed by atoms with Crippen LogP contribution in [0.15, 0.2) is 247 Å². The van der Waals surface area contributed by atoms with Crippen LogP contribution in [0, 0.1) is 0 Å². The van der Waals surface area contributed by atoms with Crippen molar-refractivity contribution < 1.29 is 4.42 Å². The maximum atomic E-state index is 6.76. The topological polar surface area (TPSA) is 56.7 Å². The molecule has 0 aliphatic rings. The Labute approximate surface area is 392 Å². The van der Waals surface area contributed by atoms with Crippen LogP contribution in [0.2, 0.25) is 0 Å². The van der Waals surface area contributed by atoms with Crippen LogP contribution < -0.4 is 0 Å². The fourth-order valence-corrected chi connectivity index (χ4v) is 9.73. The molecule has 3 aromatic heterocycles. The molecule has 0 radical (unpaired) electrons. The average molecular weight is 869 g/mol. The molecule has 0 atom stereocenters. The number of rotatable bonds is 8. The van der Waals surface area contributed by atoms with Gasteiger partial charge in [0, 0.05) is 43.9 Å². The van der Waals surface area contributed by atoms with Gasteiger partial charge in [-0.25, -0.2) is 15.0 Å². The van der Waals surface area contributed by atoms with Gasteiger partial charge in [0.15, 0.2) is 17.5 Å². The van der Waals surface area contributed by atoms with E-state index in [0.717, 1.165) is 93.9 Å². The molecule has 0 amide bonds. The molecule has 5 heteroatoms. The SMILES string of the molecule is c1ccc(-c2ccc(-c3nc(-c4cccc(-c5ccccc5)c4)nc(-c4cccc5oc6cc7c8ccccc8n(-c8ccc(-c9cccc(-c%10ccccc%10)c9)cc8)c7cc6c45)n3)cc2)cc1. The highest BCUT2D eigenvalue weighted by atomic mass is 16.3. The van der Waals surface area contributed by atoms with Crippen molar-refractivity contribution in [3.63, 3.8) is 0 Å². The molecule has 0 aliphatic carbocycles. The molecular weight excluding hydrogens is 829 g/mol. The number of hydrogen-bond acceptors (Lipinski definition) is 4. The molecule has 0 unspecified atom stereocenters. The Kier molecular flexibility index (Phi) is 9.43. The molecular formula is C63H40N4O. The molecule has 318 valence electrons. The molecule has 3 heterocycles. The van der Waals surface area contributed by atoms with E-state index in [-0.39, 0.29) is 0 Å². The molecule has 0 bridgehead atoms. The lowest BCUT2D eigenvalue weighted by Gasteiger charge is -2.11. The second-order valence-electron chi connectivity index (χ2n) is 17.2. The van der Waals surface area contributed by atoms with Crippen LogP contribution in [0.4, 0.5) is 0 Å². The molecule has 0 aliphatic heterocycles. The van der Waals surface area contributed by atoms with E-state index in [0.29, 0.717) is 17.5 Å². The summed E-state index contributed by atoms with van der Waals surface area (Å²) in [5.74, 6) is 1.76. The van der Waals surface area contributed by atoms with E-state index < -0.39 is 0 Å². The predicted molar refractivity (Wildman–Crippen MR) is 279 cm³/mol. The number of nitrogens with zero attached hydrogens (tertiary/aromatic N) is 4. The molecule has 10 aromatic carbocycles. The molecule has 68 heavy (non-hydrogen) atoms. The fourth-order valence-electron chi connectivity index (χ4n) is 9.73. The summed E-state index contributed by atoms with van der Waals surface area (Å²) < 4.78 is 9.13. The number of aromatic nitrogens is 4. The minimum absolute atomic E-state index is 0.572. The minimum Gasteiger partial charge on any atom is -0.456 e. The molecule has 0 fully saturated rings. The van der Waals surface area contributed by atoms with E-state index in [1.165, 1.54) is 16.7 Å². The van der Waals surface area contributed by atoms with E-state index >= 15 is 0 Å². The Balaban J connectivity index is 0.968. The van der Waals surface area contributed by atoms with E-state index in [9.17, 15) is 0 Å². The fraction of sp³-hybridized carbons (Fsp3) is 0. The molecule has 5 nitrogen and oxygen atoms in total. The lowest BCUT2D eigenvalue weighted by molar-refractivity contribution is 0.669. The second kappa shape index (κ2) is 16.4. The first-order valence-electron chi connectivity index (χ1n) is 22.9. The summed E-state index contributed by atoms with van der Waals surface area (Å²) in [5.41, 5.74) is 16.8. The van der Waals surface area contributed by atoms with Crippen molar-refractivity contribution in [1.82, 2.24) is 19.5 Å². The normalized spacial score (nSPS) is 11.5. The zero-order valence-corrected chi connectivity index (χ0v) is 36.8. The molecule has 13 aromatic rings. The van der Waals surface area contributed by atoms with Gasteiger partial charge in [0.1, 0.15) is 11.2 Å². The van der Waals surface area contributed by atoms with Crippen LogP contribution in [-0.2, 0) is 0 Å². The third kappa shape index (κ3) is 6.93. The van der Waals surface area contributed by atoms with Gasteiger partial charge >= 0.3 is 0 Å². The van der Waals surface area contributed by atoms with Crippen LogP contribution in [0.3, 0.4) is 0 Å². The van der Waals surface area contributed by atoms with Gasteiger partial charge in [-0.05, 0) is 93.0 Å². The van der Waals surface area contributed by atoms with E-state index in [1.807, 2.05) is 24.3 Å². The van der Waals surface area contributed by atoms with Gasteiger partial charge < -0.3 is 8.98 Å². The number of benzene rings is 10. The quantitative estimate of drug-likeness (QED) is 0.153. The van der Waals surface area contributed by atoms with Crippen molar-refractivity contribution in [3.8, 4) is 84.4 Å². The zero-order chi connectivity index (χ0) is 45.0. The Morgan fingerprint density at radius 1 is 0.279 bits per heavy atom. The van der Waals surface area contributed by atoms with Gasteiger partial charge in [0.25, 0.3) is 0 Å². The van der Waals surface area contributed by atoms with Crippen LogP contribution in [0.25, 0.3) is 128 Å². The Morgan fingerprint density at radius 3 is 1.41 bits per heavy atom. The van der Waals surface area contributed by atoms with Gasteiger partial charge in [-0.15, -0.1) is 0 Å². The predicted octanol–water partition coefficient (Wildman–Crippen LogP) is 16.5. The van der Waals surface area contributed by atoms with Crippen molar-refractivity contribution in [3.05, 3.63) is 243 Å². The molecule has 0 saturated heterocycles. The lowest BCUT2D eigenvalue weighted by Crippen LogP contribution is -2.00. The maximum absolute atomic E-state index is 6.76. The second-order valence-corrected chi connectivity index (χ2v) is 17.2. The van der Waals surface area contributed by atoms with Gasteiger partial charge in [-0.2, -0.15) is 0 Å². The Hall–Kier alpha value is -9.19. The maximum Gasteiger partial charge on any atom is 0.164 e. The third-order valence-corrected chi connectivity index (χ3v) is 13.1. The minimum atomic E-state index is 0.572. The highest BCUT2D eigenvalue weighted by Gasteiger charge is 2.21. The summed E-state index contributed by atoms with van der Waals surface area (Å²) in [7, 11) is 0. The summed E-state index contributed by atoms with van der Waals surface area (Å²) >= 11 is 0. The molecule has 0 N–H and O–H groups in total. The highest BCUT2D eigenvalue weighted by molar-refractivity contribution is 6.19. The van der Waals surface area contributed by atoms with E-state index in [1.54, 1.807) is 0 Å². The first kappa shape index (κ1) is 39.2.